The minimum atomic E-state index is -0.247. The van der Waals surface area contributed by atoms with Crippen molar-refractivity contribution in [2.75, 3.05) is 5.32 Å². The third-order valence-corrected chi connectivity index (χ3v) is 4.64. The average Bonchev–Trinajstić information content (AvgIpc) is 3.16. The molecule has 0 unspecified atom stereocenters. The van der Waals surface area contributed by atoms with E-state index < -0.39 is 0 Å². The Hall–Kier alpha value is -3.44. The Balaban J connectivity index is 1.78. The summed E-state index contributed by atoms with van der Waals surface area (Å²) in [5, 5.41) is 8.22. The smallest absolute Gasteiger partial charge is 0.259 e. The highest BCUT2D eigenvalue weighted by Gasteiger charge is 2.19. The van der Waals surface area contributed by atoms with Gasteiger partial charge in [0.25, 0.3) is 5.91 Å². The van der Waals surface area contributed by atoms with Gasteiger partial charge in [0.2, 0.25) is 0 Å². The normalized spacial score (nSPS) is 10.6. The number of carbonyl (C=O) groups excluding carboxylic acids is 1. The van der Waals surface area contributed by atoms with Crippen LogP contribution in [0.5, 0.6) is 0 Å². The second kappa shape index (κ2) is 7.66. The van der Waals surface area contributed by atoms with Crippen LogP contribution < -0.4 is 5.32 Å². The molecule has 4 rings (SSSR count). The SMILES string of the molecule is Cc1ccncc1NC(=O)c1cn(-c2ccccc2)nc1-c1ccc(Cl)cc1. The number of aromatic nitrogens is 3. The van der Waals surface area contributed by atoms with E-state index in [1.54, 1.807) is 35.4 Å². The first kappa shape index (κ1) is 17.9. The lowest BCUT2D eigenvalue weighted by atomic mass is 10.1. The third-order valence-electron chi connectivity index (χ3n) is 4.38. The zero-order valence-corrected chi connectivity index (χ0v) is 15.9. The van der Waals surface area contributed by atoms with Gasteiger partial charge < -0.3 is 5.32 Å². The van der Waals surface area contributed by atoms with Crippen molar-refractivity contribution in [1.82, 2.24) is 14.8 Å². The predicted molar refractivity (Wildman–Crippen MR) is 111 cm³/mol. The van der Waals surface area contributed by atoms with Crippen LogP contribution in [0.1, 0.15) is 15.9 Å². The summed E-state index contributed by atoms with van der Waals surface area (Å²) in [6.45, 7) is 1.92. The quantitative estimate of drug-likeness (QED) is 0.526. The largest absolute Gasteiger partial charge is 0.320 e. The number of aryl methyl sites for hydroxylation is 1. The first-order valence-corrected chi connectivity index (χ1v) is 9.12. The van der Waals surface area contributed by atoms with Crippen LogP contribution in [0.2, 0.25) is 5.02 Å². The second-order valence-electron chi connectivity index (χ2n) is 6.32. The highest BCUT2D eigenvalue weighted by atomic mass is 35.5. The van der Waals surface area contributed by atoms with Gasteiger partial charge in [0.15, 0.2) is 0 Å². The van der Waals surface area contributed by atoms with E-state index in [-0.39, 0.29) is 5.91 Å². The molecule has 138 valence electrons. The van der Waals surface area contributed by atoms with Gasteiger partial charge in [-0.1, -0.05) is 41.9 Å². The van der Waals surface area contributed by atoms with Crippen molar-refractivity contribution in [2.24, 2.45) is 0 Å². The molecule has 0 aliphatic heterocycles. The van der Waals surface area contributed by atoms with Crippen LogP contribution in [0.3, 0.4) is 0 Å². The molecule has 0 spiro atoms. The van der Waals surface area contributed by atoms with Crippen LogP contribution in [-0.4, -0.2) is 20.7 Å². The number of nitrogens with one attached hydrogen (secondary N) is 1. The number of para-hydroxylation sites is 1. The maximum absolute atomic E-state index is 13.1. The van der Waals surface area contributed by atoms with E-state index >= 15 is 0 Å². The molecule has 0 bridgehead atoms. The Morgan fingerprint density at radius 2 is 1.79 bits per heavy atom. The maximum Gasteiger partial charge on any atom is 0.259 e. The van der Waals surface area contributed by atoms with Crippen molar-refractivity contribution in [1.29, 1.82) is 0 Å². The first-order valence-electron chi connectivity index (χ1n) is 8.75. The molecule has 0 radical (unpaired) electrons. The van der Waals surface area contributed by atoms with Crippen molar-refractivity contribution in [3.05, 3.63) is 95.4 Å². The van der Waals surface area contributed by atoms with Crippen molar-refractivity contribution >= 4 is 23.2 Å². The van der Waals surface area contributed by atoms with Gasteiger partial charge in [-0.15, -0.1) is 0 Å². The Kier molecular flexibility index (Phi) is 4.91. The van der Waals surface area contributed by atoms with E-state index in [2.05, 4.69) is 15.4 Å². The Morgan fingerprint density at radius 3 is 2.50 bits per heavy atom. The Labute approximate surface area is 167 Å². The number of amides is 1. The predicted octanol–water partition coefficient (Wildman–Crippen LogP) is 5.15. The number of benzene rings is 2. The minimum Gasteiger partial charge on any atom is -0.320 e. The summed E-state index contributed by atoms with van der Waals surface area (Å²) in [6.07, 6.45) is 5.06. The minimum absolute atomic E-state index is 0.247. The number of halogens is 1. The molecule has 2 aromatic heterocycles. The van der Waals surface area contributed by atoms with Gasteiger partial charge in [-0.25, -0.2) is 4.68 Å². The molecule has 0 fully saturated rings. The Morgan fingerprint density at radius 1 is 1.04 bits per heavy atom. The third kappa shape index (κ3) is 3.66. The second-order valence-corrected chi connectivity index (χ2v) is 6.76. The van der Waals surface area contributed by atoms with E-state index in [9.17, 15) is 4.79 Å². The van der Waals surface area contributed by atoms with Crippen molar-refractivity contribution in [2.45, 2.75) is 6.92 Å². The number of hydrogen-bond donors (Lipinski definition) is 1. The Bertz CT molecular complexity index is 1120. The highest BCUT2D eigenvalue weighted by molar-refractivity contribution is 6.30. The fraction of sp³-hybridized carbons (Fsp3) is 0.0455. The van der Waals surface area contributed by atoms with Crippen LogP contribution in [0, 0.1) is 6.92 Å². The van der Waals surface area contributed by atoms with Gasteiger partial charge in [0.05, 0.1) is 23.1 Å². The number of anilines is 1. The lowest BCUT2D eigenvalue weighted by Gasteiger charge is -2.07. The monoisotopic (exact) mass is 388 g/mol. The zero-order chi connectivity index (χ0) is 19.5. The molecule has 2 aromatic carbocycles. The number of rotatable bonds is 4. The van der Waals surface area contributed by atoms with Crippen molar-refractivity contribution in [3.8, 4) is 16.9 Å². The molecule has 0 aliphatic rings. The molecular formula is C22H17ClN4O. The van der Waals surface area contributed by atoms with E-state index in [1.165, 1.54) is 0 Å². The molecule has 6 heteroatoms. The molecule has 0 saturated carbocycles. The lowest BCUT2D eigenvalue weighted by Crippen LogP contribution is -2.13. The van der Waals surface area contributed by atoms with Crippen molar-refractivity contribution in [3.63, 3.8) is 0 Å². The molecule has 0 saturated heterocycles. The van der Waals surface area contributed by atoms with Gasteiger partial charge in [-0.2, -0.15) is 5.10 Å². The van der Waals surface area contributed by atoms with E-state index in [4.69, 9.17) is 11.6 Å². The molecule has 4 aromatic rings. The van der Waals surface area contributed by atoms with E-state index in [0.717, 1.165) is 16.8 Å². The number of pyridine rings is 1. The van der Waals surface area contributed by atoms with Crippen molar-refractivity contribution < 1.29 is 4.79 Å². The van der Waals surface area contributed by atoms with Crippen LogP contribution in [0.15, 0.2) is 79.3 Å². The zero-order valence-electron chi connectivity index (χ0n) is 15.1. The van der Waals surface area contributed by atoms with Crippen LogP contribution in [0.4, 0.5) is 5.69 Å². The topological polar surface area (TPSA) is 59.8 Å². The molecular weight excluding hydrogens is 372 g/mol. The first-order chi connectivity index (χ1) is 13.6. The summed E-state index contributed by atoms with van der Waals surface area (Å²) in [4.78, 5) is 17.1. The lowest BCUT2D eigenvalue weighted by molar-refractivity contribution is 0.102. The van der Waals surface area contributed by atoms with E-state index in [0.29, 0.717) is 22.0 Å². The molecule has 0 aliphatic carbocycles. The summed E-state index contributed by atoms with van der Waals surface area (Å²) in [6, 6.07) is 18.8. The number of carbonyl (C=O) groups is 1. The fourth-order valence-corrected chi connectivity index (χ4v) is 2.98. The van der Waals surface area contributed by atoms with Gasteiger partial charge >= 0.3 is 0 Å². The molecule has 2 heterocycles. The average molecular weight is 389 g/mol. The van der Waals surface area contributed by atoms with Gasteiger partial charge in [0, 0.05) is 23.0 Å². The fourth-order valence-electron chi connectivity index (χ4n) is 2.86. The van der Waals surface area contributed by atoms with Crippen LogP contribution in [0.25, 0.3) is 16.9 Å². The van der Waals surface area contributed by atoms with Gasteiger partial charge in [-0.3, -0.25) is 9.78 Å². The molecule has 0 atom stereocenters. The summed E-state index contributed by atoms with van der Waals surface area (Å²) in [5.74, 6) is -0.247. The molecule has 1 amide bonds. The highest BCUT2D eigenvalue weighted by Crippen LogP contribution is 2.26. The maximum atomic E-state index is 13.1. The number of hydrogen-bond acceptors (Lipinski definition) is 3. The summed E-state index contributed by atoms with van der Waals surface area (Å²) >= 11 is 6.02. The van der Waals surface area contributed by atoms with E-state index in [1.807, 2.05) is 55.5 Å². The number of nitrogens with zero attached hydrogens (tertiary/aromatic N) is 3. The summed E-state index contributed by atoms with van der Waals surface area (Å²) in [7, 11) is 0. The summed E-state index contributed by atoms with van der Waals surface area (Å²) < 4.78 is 1.70. The molecule has 5 nitrogen and oxygen atoms in total. The van der Waals surface area contributed by atoms with Gasteiger partial charge in [0.1, 0.15) is 5.69 Å². The summed E-state index contributed by atoms with van der Waals surface area (Å²) in [5.41, 5.74) is 4.34. The van der Waals surface area contributed by atoms with Crippen LogP contribution in [-0.2, 0) is 0 Å². The molecule has 28 heavy (non-hydrogen) atoms. The van der Waals surface area contributed by atoms with Crippen LogP contribution >= 0.6 is 11.6 Å². The molecule has 1 N–H and O–H groups in total. The van der Waals surface area contributed by atoms with Gasteiger partial charge in [-0.05, 0) is 42.8 Å². The standard InChI is InChI=1S/C22H17ClN4O/c1-15-11-12-24-13-20(15)25-22(28)19-14-27(18-5-3-2-4-6-18)26-21(19)16-7-9-17(23)10-8-16/h2-14H,1H3,(H,25,28).